The maximum Gasteiger partial charge on any atom is 0.306 e. The lowest BCUT2D eigenvalue weighted by atomic mass is 9.83. The predicted molar refractivity (Wildman–Crippen MR) is 81.8 cm³/mol. The summed E-state index contributed by atoms with van der Waals surface area (Å²) < 4.78 is 5.04. The molecule has 0 unspecified atom stereocenters. The first-order valence-electron chi connectivity index (χ1n) is 7.74. The van der Waals surface area contributed by atoms with Crippen LogP contribution in [0.25, 0.3) is 0 Å². The van der Waals surface area contributed by atoms with Crippen LogP contribution >= 0.6 is 0 Å². The minimum atomic E-state index is -0.0819. The predicted octanol–water partition coefficient (Wildman–Crippen LogP) is 4.48. The van der Waals surface area contributed by atoms with Crippen molar-refractivity contribution in [3.05, 3.63) is 35.4 Å². The van der Waals surface area contributed by atoms with Crippen LogP contribution in [0.1, 0.15) is 63.5 Å². The average molecular weight is 274 g/mol. The number of hydrogen-bond donors (Lipinski definition) is 0. The molecule has 1 aliphatic carbocycles. The summed E-state index contributed by atoms with van der Waals surface area (Å²) in [6.45, 7) is 6.61. The van der Waals surface area contributed by atoms with Crippen molar-refractivity contribution in [1.29, 1.82) is 0 Å². The van der Waals surface area contributed by atoms with E-state index in [2.05, 4.69) is 38.1 Å². The molecule has 0 amide bonds. The van der Waals surface area contributed by atoms with Crippen LogP contribution in [-0.2, 0) is 16.0 Å². The summed E-state index contributed by atoms with van der Waals surface area (Å²) in [5.74, 6) is 0.742. The van der Waals surface area contributed by atoms with Gasteiger partial charge in [0.1, 0.15) is 0 Å². The van der Waals surface area contributed by atoms with Crippen LogP contribution in [-0.4, -0.2) is 12.6 Å². The van der Waals surface area contributed by atoms with Gasteiger partial charge in [-0.1, -0.05) is 38.1 Å². The number of carbonyl (C=O) groups is 1. The fourth-order valence-electron chi connectivity index (χ4n) is 2.55. The molecule has 0 aliphatic heterocycles. The normalized spacial score (nSPS) is 15.2. The van der Waals surface area contributed by atoms with Crippen LogP contribution in [0.4, 0.5) is 0 Å². The second-order valence-electron chi connectivity index (χ2n) is 6.66. The van der Waals surface area contributed by atoms with E-state index < -0.39 is 0 Å². The van der Waals surface area contributed by atoms with Crippen LogP contribution < -0.4 is 0 Å². The third kappa shape index (κ3) is 4.66. The van der Waals surface area contributed by atoms with Crippen molar-refractivity contribution in [2.24, 2.45) is 5.41 Å². The van der Waals surface area contributed by atoms with Crippen molar-refractivity contribution in [2.45, 2.75) is 58.8 Å². The van der Waals surface area contributed by atoms with E-state index in [1.165, 1.54) is 24.0 Å². The number of hydrogen-bond acceptors (Lipinski definition) is 2. The lowest BCUT2D eigenvalue weighted by Crippen LogP contribution is -2.19. The first kappa shape index (κ1) is 15.1. The first-order valence-corrected chi connectivity index (χ1v) is 7.74. The van der Waals surface area contributed by atoms with Crippen molar-refractivity contribution in [1.82, 2.24) is 0 Å². The molecule has 0 heterocycles. The van der Waals surface area contributed by atoms with Gasteiger partial charge in [0.2, 0.25) is 0 Å². The Morgan fingerprint density at radius 2 is 1.90 bits per heavy atom. The maximum absolute atomic E-state index is 11.6. The number of aryl methyl sites for hydroxylation is 1. The number of carbonyl (C=O) groups excluding carboxylic acids is 1. The molecule has 1 aromatic rings. The zero-order chi connectivity index (χ0) is 14.6. The zero-order valence-electron chi connectivity index (χ0n) is 12.9. The molecule has 0 saturated heterocycles. The molecule has 2 nitrogen and oxygen atoms in total. The van der Waals surface area contributed by atoms with Gasteiger partial charge in [-0.25, -0.2) is 0 Å². The van der Waals surface area contributed by atoms with E-state index >= 15 is 0 Å². The van der Waals surface area contributed by atoms with Gasteiger partial charge in [-0.15, -0.1) is 0 Å². The lowest BCUT2D eigenvalue weighted by molar-refractivity contribution is -0.145. The molecule has 0 bridgehead atoms. The average Bonchev–Trinajstić information content (AvgIpc) is 3.21. The minimum absolute atomic E-state index is 0.00141. The fraction of sp³-hybridized carbons (Fsp3) is 0.611. The van der Waals surface area contributed by atoms with Gasteiger partial charge in [0.05, 0.1) is 13.0 Å². The van der Waals surface area contributed by atoms with Crippen molar-refractivity contribution >= 4 is 5.97 Å². The number of ether oxygens (including phenoxy) is 1. The maximum atomic E-state index is 11.6. The van der Waals surface area contributed by atoms with Crippen molar-refractivity contribution in [2.75, 3.05) is 6.61 Å². The number of benzene rings is 1. The topological polar surface area (TPSA) is 26.3 Å². The Morgan fingerprint density at radius 1 is 1.25 bits per heavy atom. The van der Waals surface area contributed by atoms with E-state index in [0.29, 0.717) is 13.0 Å². The van der Waals surface area contributed by atoms with E-state index in [4.69, 9.17) is 4.74 Å². The highest BCUT2D eigenvalue weighted by Crippen LogP contribution is 2.40. The molecule has 0 N–H and O–H groups in total. The second-order valence-corrected chi connectivity index (χ2v) is 6.66. The molecular formula is C18H26O2. The van der Waals surface area contributed by atoms with Crippen molar-refractivity contribution < 1.29 is 9.53 Å². The summed E-state index contributed by atoms with van der Waals surface area (Å²) in [4.78, 5) is 11.6. The molecular weight excluding hydrogens is 248 g/mol. The molecule has 2 heteroatoms. The standard InChI is InChI=1S/C18H26O2/c1-4-20-17(19)13-18(2,3)12-11-14-5-7-15(8-6-14)16-9-10-16/h5-8,16H,4,9-13H2,1-3H3. The first-order chi connectivity index (χ1) is 9.50. The molecule has 20 heavy (non-hydrogen) atoms. The lowest BCUT2D eigenvalue weighted by Gasteiger charge is -2.23. The summed E-state index contributed by atoms with van der Waals surface area (Å²) in [5, 5.41) is 0. The van der Waals surface area contributed by atoms with Gasteiger partial charge < -0.3 is 4.74 Å². The Morgan fingerprint density at radius 3 is 2.45 bits per heavy atom. The molecule has 110 valence electrons. The molecule has 0 aromatic heterocycles. The molecule has 1 saturated carbocycles. The summed E-state index contributed by atoms with van der Waals surface area (Å²) in [6.07, 6.45) is 5.24. The van der Waals surface area contributed by atoms with Gasteiger partial charge in [0.15, 0.2) is 0 Å². The molecule has 0 spiro atoms. The molecule has 1 aromatic carbocycles. The van der Waals surface area contributed by atoms with Crippen LogP contribution in [0.5, 0.6) is 0 Å². The van der Waals surface area contributed by atoms with Crippen molar-refractivity contribution in [3.8, 4) is 0 Å². The molecule has 1 fully saturated rings. The van der Waals surface area contributed by atoms with Gasteiger partial charge in [-0.3, -0.25) is 4.79 Å². The van der Waals surface area contributed by atoms with E-state index in [1.807, 2.05) is 6.92 Å². The highest BCUT2D eigenvalue weighted by atomic mass is 16.5. The highest BCUT2D eigenvalue weighted by molar-refractivity contribution is 5.70. The monoisotopic (exact) mass is 274 g/mol. The number of esters is 1. The Hall–Kier alpha value is -1.31. The summed E-state index contributed by atoms with van der Waals surface area (Å²) in [7, 11) is 0. The highest BCUT2D eigenvalue weighted by Gasteiger charge is 2.24. The summed E-state index contributed by atoms with van der Waals surface area (Å²) in [5.41, 5.74) is 2.85. The smallest absolute Gasteiger partial charge is 0.306 e. The second kappa shape index (κ2) is 6.43. The van der Waals surface area contributed by atoms with Crippen LogP contribution in [0.15, 0.2) is 24.3 Å². The fourth-order valence-corrected chi connectivity index (χ4v) is 2.55. The van der Waals surface area contributed by atoms with E-state index in [-0.39, 0.29) is 11.4 Å². The van der Waals surface area contributed by atoms with E-state index in [0.717, 1.165) is 18.8 Å². The molecule has 0 atom stereocenters. The van der Waals surface area contributed by atoms with E-state index in [1.54, 1.807) is 0 Å². The third-order valence-corrected chi connectivity index (χ3v) is 4.05. The van der Waals surface area contributed by atoms with Gasteiger partial charge in [0.25, 0.3) is 0 Å². The molecule has 2 rings (SSSR count). The number of rotatable bonds is 7. The van der Waals surface area contributed by atoms with Gasteiger partial charge in [-0.05, 0) is 55.1 Å². The SMILES string of the molecule is CCOC(=O)CC(C)(C)CCc1ccc(C2CC2)cc1. The zero-order valence-corrected chi connectivity index (χ0v) is 12.9. The third-order valence-electron chi connectivity index (χ3n) is 4.05. The molecule has 0 radical (unpaired) electrons. The Bertz CT molecular complexity index is 441. The minimum Gasteiger partial charge on any atom is -0.466 e. The quantitative estimate of drug-likeness (QED) is 0.685. The van der Waals surface area contributed by atoms with Gasteiger partial charge in [0, 0.05) is 0 Å². The van der Waals surface area contributed by atoms with Gasteiger partial charge in [-0.2, -0.15) is 0 Å². The van der Waals surface area contributed by atoms with E-state index in [9.17, 15) is 4.79 Å². The summed E-state index contributed by atoms with van der Waals surface area (Å²) in [6, 6.07) is 9.03. The Balaban J connectivity index is 1.81. The summed E-state index contributed by atoms with van der Waals surface area (Å²) >= 11 is 0. The molecule has 1 aliphatic rings. The Labute approximate surface area is 122 Å². The van der Waals surface area contributed by atoms with Crippen LogP contribution in [0.2, 0.25) is 0 Å². The van der Waals surface area contributed by atoms with Gasteiger partial charge >= 0.3 is 5.97 Å². The van der Waals surface area contributed by atoms with Crippen LogP contribution in [0, 0.1) is 5.41 Å². The largest absolute Gasteiger partial charge is 0.466 e. The Kier molecular flexibility index (Phi) is 4.85. The van der Waals surface area contributed by atoms with Crippen LogP contribution in [0.3, 0.4) is 0 Å². The van der Waals surface area contributed by atoms with Crippen molar-refractivity contribution in [3.63, 3.8) is 0 Å².